The minimum atomic E-state index is 0.665. The van der Waals surface area contributed by atoms with E-state index >= 15 is 0 Å². The van der Waals surface area contributed by atoms with Crippen LogP contribution >= 0.6 is 0 Å². The monoisotopic (exact) mass is 471 g/mol. The largest absolute Gasteiger partial charge is 0.488 e. The highest BCUT2D eigenvalue weighted by atomic mass is 16.5. The van der Waals surface area contributed by atoms with Crippen molar-refractivity contribution >= 4 is 11.6 Å². The molecule has 0 N–H and O–H groups in total. The summed E-state index contributed by atoms with van der Waals surface area (Å²) in [5.74, 6) is 3.76. The lowest BCUT2D eigenvalue weighted by atomic mass is 9.96. The Labute approximate surface area is 209 Å². The highest BCUT2D eigenvalue weighted by Gasteiger charge is 2.26. The van der Waals surface area contributed by atoms with Gasteiger partial charge in [-0.05, 0) is 69.2 Å². The van der Waals surface area contributed by atoms with Crippen LogP contribution in [0.1, 0.15) is 61.2 Å². The summed E-state index contributed by atoms with van der Waals surface area (Å²) in [7, 11) is 0. The number of pyridine rings is 1. The van der Waals surface area contributed by atoms with E-state index in [4.69, 9.17) is 19.7 Å². The quantitative estimate of drug-likeness (QED) is 0.462. The van der Waals surface area contributed by atoms with Gasteiger partial charge >= 0.3 is 0 Å². The maximum atomic E-state index is 5.91. The van der Waals surface area contributed by atoms with Crippen molar-refractivity contribution in [3.63, 3.8) is 0 Å². The van der Waals surface area contributed by atoms with Crippen LogP contribution in [0.3, 0.4) is 0 Å². The summed E-state index contributed by atoms with van der Waals surface area (Å²) in [5, 5.41) is 0. The molecule has 6 heteroatoms. The predicted octanol–water partition coefficient (Wildman–Crippen LogP) is 5.67. The minimum Gasteiger partial charge on any atom is -0.488 e. The molecule has 6 nitrogen and oxygen atoms in total. The van der Waals surface area contributed by atoms with Gasteiger partial charge in [-0.3, -0.25) is 0 Å². The normalized spacial score (nSPS) is 15.7. The Balaban J connectivity index is 1.61. The van der Waals surface area contributed by atoms with E-state index in [0.717, 1.165) is 73.6 Å². The zero-order valence-electron chi connectivity index (χ0n) is 21.6. The zero-order chi connectivity index (χ0) is 24.4. The van der Waals surface area contributed by atoms with E-state index < -0.39 is 0 Å². The number of hydrogen-bond donors (Lipinski definition) is 0. The van der Waals surface area contributed by atoms with Gasteiger partial charge in [-0.15, -0.1) is 0 Å². The van der Waals surface area contributed by atoms with Gasteiger partial charge in [-0.2, -0.15) is 0 Å². The summed E-state index contributed by atoms with van der Waals surface area (Å²) in [4.78, 5) is 20.1. The molecule has 4 heterocycles. The molecule has 0 spiro atoms. The first-order valence-corrected chi connectivity index (χ1v) is 13.2. The van der Waals surface area contributed by atoms with Crippen molar-refractivity contribution in [2.45, 2.75) is 66.3 Å². The molecular formula is C29H37N5O. The Hall–Kier alpha value is -3.15. The highest BCUT2D eigenvalue weighted by molar-refractivity contribution is 5.68. The van der Waals surface area contributed by atoms with Crippen molar-refractivity contribution in [2.75, 3.05) is 36.0 Å². The number of aryl methyl sites for hydroxylation is 4. The van der Waals surface area contributed by atoms with E-state index in [0.29, 0.717) is 6.61 Å². The van der Waals surface area contributed by atoms with Crippen LogP contribution in [0.15, 0.2) is 30.3 Å². The van der Waals surface area contributed by atoms with Gasteiger partial charge in [-0.25, -0.2) is 15.0 Å². The third-order valence-electron chi connectivity index (χ3n) is 7.32. The molecule has 0 atom stereocenters. The molecule has 2 aliphatic rings. The Morgan fingerprint density at radius 3 is 2.29 bits per heavy atom. The Kier molecular flexibility index (Phi) is 6.89. The average molecular weight is 472 g/mol. The summed E-state index contributed by atoms with van der Waals surface area (Å²) < 4.78 is 5.91. The maximum Gasteiger partial charge on any atom is 0.172 e. The lowest BCUT2D eigenvalue weighted by Gasteiger charge is -2.34. The maximum absolute atomic E-state index is 5.91. The van der Waals surface area contributed by atoms with E-state index in [1.165, 1.54) is 41.5 Å². The van der Waals surface area contributed by atoms with Crippen LogP contribution in [-0.2, 0) is 19.4 Å². The molecule has 0 saturated carbocycles. The second-order valence-electron chi connectivity index (χ2n) is 9.69. The number of nitrogens with zero attached hydrogens (tertiary/aromatic N) is 5. The average Bonchev–Trinajstić information content (AvgIpc) is 2.89. The Bertz CT molecular complexity index is 1180. The summed E-state index contributed by atoms with van der Waals surface area (Å²) in [6.45, 7) is 12.9. The number of aromatic nitrogens is 3. The molecule has 0 unspecified atom stereocenters. The van der Waals surface area contributed by atoms with Gasteiger partial charge in [0.2, 0.25) is 0 Å². The molecule has 35 heavy (non-hydrogen) atoms. The third-order valence-corrected chi connectivity index (χ3v) is 7.32. The van der Waals surface area contributed by atoms with E-state index in [2.05, 4.69) is 48.8 Å². The number of benzene rings is 1. The topological polar surface area (TPSA) is 54.4 Å². The fourth-order valence-corrected chi connectivity index (χ4v) is 5.36. The first-order valence-electron chi connectivity index (χ1n) is 13.2. The van der Waals surface area contributed by atoms with Crippen LogP contribution in [-0.4, -0.2) is 41.2 Å². The van der Waals surface area contributed by atoms with Crippen molar-refractivity contribution in [1.82, 2.24) is 15.0 Å². The summed E-state index contributed by atoms with van der Waals surface area (Å²) in [5.41, 5.74) is 7.13. The molecule has 0 radical (unpaired) electrons. The predicted molar refractivity (Wildman–Crippen MR) is 143 cm³/mol. The first kappa shape index (κ1) is 23.6. The highest BCUT2D eigenvalue weighted by Crippen LogP contribution is 2.35. The second kappa shape index (κ2) is 10.2. The summed E-state index contributed by atoms with van der Waals surface area (Å²) in [6.07, 6.45) is 5.67. The number of piperidine rings is 1. The van der Waals surface area contributed by atoms with Crippen molar-refractivity contribution in [1.29, 1.82) is 0 Å². The molecule has 1 aromatic carbocycles. The number of anilines is 2. The van der Waals surface area contributed by atoms with Crippen LogP contribution in [0, 0.1) is 13.8 Å². The molecule has 0 aliphatic carbocycles. The van der Waals surface area contributed by atoms with E-state index in [1.807, 2.05) is 19.1 Å². The second-order valence-corrected chi connectivity index (χ2v) is 9.69. The molecule has 3 aromatic rings. The van der Waals surface area contributed by atoms with Crippen molar-refractivity contribution in [3.8, 4) is 17.1 Å². The van der Waals surface area contributed by atoms with Gasteiger partial charge in [0.15, 0.2) is 17.4 Å². The number of ether oxygens (including phenoxy) is 1. The van der Waals surface area contributed by atoms with Gasteiger partial charge in [0, 0.05) is 35.6 Å². The van der Waals surface area contributed by atoms with Crippen LogP contribution in [0.4, 0.5) is 11.6 Å². The molecule has 2 aliphatic heterocycles. The minimum absolute atomic E-state index is 0.665. The summed E-state index contributed by atoms with van der Waals surface area (Å²) in [6, 6.07) is 10.7. The molecule has 1 saturated heterocycles. The smallest absolute Gasteiger partial charge is 0.172 e. The van der Waals surface area contributed by atoms with E-state index in [-0.39, 0.29) is 0 Å². The lowest BCUT2D eigenvalue weighted by molar-refractivity contribution is 0.304. The van der Waals surface area contributed by atoms with Crippen LogP contribution in [0.5, 0.6) is 5.75 Å². The van der Waals surface area contributed by atoms with Gasteiger partial charge in [0.05, 0.1) is 13.1 Å². The first-order chi connectivity index (χ1) is 17.1. The molecule has 0 amide bonds. The fraction of sp³-hybridized carbons (Fsp3) is 0.483. The third kappa shape index (κ3) is 4.71. The lowest BCUT2D eigenvalue weighted by Crippen LogP contribution is -2.36. The van der Waals surface area contributed by atoms with Gasteiger partial charge in [0.25, 0.3) is 0 Å². The zero-order valence-corrected chi connectivity index (χ0v) is 21.6. The Morgan fingerprint density at radius 1 is 0.829 bits per heavy atom. The van der Waals surface area contributed by atoms with Gasteiger partial charge < -0.3 is 14.5 Å². The molecular weight excluding hydrogens is 434 g/mol. The van der Waals surface area contributed by atoms with Gasteiger partial charge in [-0.1, -0.05) is 32.0 Å². The van der Waals surface area contributed by atoms with Crippen molar-refractivity contribution in [3.05, 3.63) is 58.4 Å². The van der Waals surface area contributed by atoms with Gasteiger partial charge in [0.1, 0.15) is 12.4 Å². The van der Waals surface area contributed by atoms with Crippen molar-refractivity contribution < 1.29 is 4.74 Å². The fourth-order valence-electron chi connectivity index (χ4n) is 5.36. The van der Waals surface area contributed by atoms with Crippen LogP contribution in [0.25, 0.3) is 11.4 Å². The molecule has 2 aromatic heterocycles. The molecule has 1 fully saturated rings. The van der Waals surface area contributed by atoms with Crippen LogP contribution < -0.4 is 14.5 Å². The van der Waals surface area contributed by atoms with Crippen molar-refractivity contribution in [2.24, 2.45) is 0 Å². The van der Waals surface area contributed by atoms with E-state index in [9.17, 15) is 0 Å². The number of hydrogen-bond acceptors (Lipinski definition) is 6. The van der Waals surface area contributed by atoms with E-state index in [1.54, 1.807) is 0 Å². The number of fused-ring (bicyclic) bond motifs is 1. The molecule has 0 bridgehead atoms. The standard InChI is InChI=1S/C29H37N5O/c1-5-22-11-10-12-23(6-2)26(22)27-31-21(4)24(28(32-27)33-15-8-7-9-16-33)19-34-17-18-35-25-14-13-20(3)30-29(25)34/h10-14H,5-9,15-19H2,1-4H3. The number of rotatable bonds is 6. The summed E-state index contributed by atoms with van der Waals surface area (Å²) >= 11 is 0. The molecule has 184 valence electrons. The molecule has 5 rings (SSSR count). The van der Waals surface area contributed by atoms with Crippen LogP contribution in [0.2, 0.25) is 0 Å². The Morgan fingerprint density at radius 2 is 1.57 bits per heavy atom. The SMILES string of the molecule is CCc1cccc(CC)c1-c1nc(C)c(CN2CCOc3ccc(C)nc32)c(N2CCCCC2)n1.